The highest BCUT2D eigenvalue weighted by molar-refractivity contribution is 7.92. The Hall–Kier alpha value is -2.30. The first-order valence-electron chi connectivity index (χ1n) is 7.82. The largest absolute Gasteiger partial charge is 0.279 e. The van der Waals surface area contributed by atoms with Crippen LogP contribution in [0.25, 0.3) is 11.1 Å². The number of rotatable bonds is 4. The summed E-state index contributed by atoms with van der Waals surface area (Å²) in [4.78, 5) is 0.178. The summed E-state index contributed by atoms with van der Waals surface area (Å²) in [5, 5.41) is 0.497. The molecular weight excluding hydrogens is 354 g/mol. The number of nitrogens with one attached hydrogen (secondary N) is 1. The van der Waals surface area contributed by atoms with Crippen LogP contribution in [0.1, 0.15) is 11.1 Å². The van der Waals surface area contributed by atoms with E-state index in [0.717, 1.165) is 22.3 Å². The van der Waals surface area contributed by atoms with Gasteiger partial charge in [0.25, 0.3) is 10.0 Å². The molecule has 0 aliphatic carbocycles. The van der Waals surface area contributed by atoms with Gasteiger partial charge in [-0.05, 0) is 66.4 Å². The molecular formula is C20H18ClNO2S. The van der Waals surface area contributed by atoms with Gasteiger partial charge in [0.15, 0.2) is 0 Å². The van der Waals surface area contributed by atoms with Crippen LogP contribution < -0.4 is 4.72 Å². The lowest BCUT2D eigenvalue weighted by atomic mass is 9.99. The molecule has 0 bridgehead atoms. The molecule has 0 aliphatic heterocycles. The Bertz CT molecular complexity index is 1010. The highest BCUT2D eigenvalue weighted by Gasteiger charge is 2.16. The van der Waals surface area contributed by atoms with Gasteiger partial charge in [-0.2, -0.15) is 0 Å². The van der Waals surface area contributed by atoms with Crippen molar-refractivity contribution in [3.8, 4) is 11.1 Å². The van der Waals surface area contributed by atoms with Gasteiger partial charge < -0.3 is 0 Å². The zero-order valence-electron chi connectivity index (χ0n) is 14.0. The van der Waals surface area contributed by atoms with Crippen LogP contribution >= 0.6 is 11.6 Å². The summed E-state index contributed by atoms with van der Waals surface area (Å²) in [7, 11) is -3.67. The molecule has 0 spiro atoms. The van der Waals surface area contributed by atoms with E-state index >= 15 is 0 Å². The van der Waals surface area contributed by atoms with Crippen molar-refractivity contribution >= 4 is 27.3 Å². The third kappa shape index (κ3) is 3.86. The van der Waals surface area contributed by atoms with Gasteiger partial charge >= 0.3 is 0 Å². The highest BCUT2D eigenvalue weighted by Crippen LogP contribution is 2.29. The van der Waals surface area contributed by atoms with Crippen molar-refractivity contribution in [2.75, 3.05) is 4.72 Å². The van der Waals surface area contributed by atoms with Crippen molar-refractivity contribution in [2.45, 2.75) is 18.7 Å². The van der Waals surface area contributed by atoms with E-state index in [2.05, 4.69) is 4.72 Å². The fraction of sp³-hybridized carbons (Fsp3) is 0.100. The number of aryl methyl sites for hydroxylation is 2. The van der Waals surface area contributed by atoms with Crippen LogP contribution in [0.5, 0.6) is 0 Å². The SMILES string of the molecule is Cc1ccc(-c2ccccc2C)cc1NS(=O)(=O)c1ccc(Cl)cc1. The van der Waals surface area contributed by atoms with Gasteiger partial charge in [0.1, 0.15) is 0 Å². The Morgan fingerprint density at radius 2 is 1.52 bits per heavy atom. The maximum atomic E-state index is 12.6. The van der Waals surface area contributed by atoms with Gasteiger partial charge in [-0.15, -0.1) is 0 Å². The fourth-order valence-corrected chi connectivity index (χ4v) is 3.86. The minimum absolute atomic E-state index is 0.178. The van der Waals surface area contributed by atoms with Crippen molar-refractivity contribution in [1.29, 1.82) is 0 Å². The summed E-state index contributed by atoms with van der Waals surface area (Å²) in [5.74, 6) is 0. The minimum Gasteiger partial charge on any atom is -0.279 e. The molecule has 25 heavy (non-hydrogen) atoms. The zero-order valence-corrected chi connectivity index (χ0v) is 15.5. The van der Waals surface area contributed by atoms with Crippen molar-refractivity contribution < 1.29 is 8.42 Å². The van der Waals surface area contributed by atoms with Crippen LogP contribution in [0.4, 0.5) is 5.69 Å². The first-order valence-corrected chi connectivity index (χ1v) is 9.68. The first kappa shape index (κ1) is 17.5. The number of hydrogen-bond donors (Lipinski definition) is 1. The normalized spacial score (nSPS) is 11.3. The summed E-state index contributed by atoms with van der Waals surface area (Å²) in [6.07, 6.45) is 0. The second kappa shape index (κ2) is 6.90. The molecule has 0 unspecified atom stereocenters. The number of anilines is 1. The Balaban J connectivity index is 1.99. The van der Waals surface area contributed by atoms with Crippen LogP contribution in [-0.4, -0.2) is 8.42 Å². The molecule has 0 atom stereocenters. The van der Waals surface area contributed by atoms with Crippen LogP contribution in [0.2, 0.25) is 5.02 Å². The maximum Gasteiger partial charge on any atom is 0.261 e. The number of benzene rings is 3. The van der Waals surface area contributed by atoms with Crippen LogP contribution in [-0.2, 0) is 10.0 Å². The minimum atomic E-state index is -3.67. The third-order valence-corrected chi connectivity index (χ3v) is 5.70. The van der Waals surface area contributed by atoms with E-state index in [1.54, 1.807) is 12.1 Å². The van der Waals surface area contributed by atoms with E-state index in [1.165, 1.54) is 12.1 Å². The second-order valence-corrected chi connectivity index (χ2v) is 8.02. The van der Waals surface area contributed by atoms with E-state index in [4.69, 9.17) is 11.6 Å². The topological polar surface area (TPSA) is 46.2 Å². The Labute approximate surface area is 153 Å². The van der Waals surface area contributed by atoms with Gasteiger partial charge in [-0.3, -0.25) is 4.72 Å². The molecule has 0 heterocycles. The molecule has 1 N–H and O–H groups in total. The summed E-state index contributed by atoms with van der Waals surface area (Å²) < 4.78 is 27.9. The van der Waals surface area contributed by atoms with E-state index in [9.17, 15) is 8.42 Å². The number of halogens is 1. The molecule has 0 fully saturated rings. The molecule has 0 aliphatic rings. The molecule has 3 aromatic rings. The van der Waals surface area contributed by atoms with Crippen molar-refractivity contribution in [3.05, 3.63) is 82.9 Å². The quantitative estimate of drug-likeness (QED) is 0.665. The molecule has 5 heteroatoms. The molecule has 128 valence electrons. The summed E-state index contributed by atoms with van der Waals surface area (Å²) in [5.41, 5.74) is 4.61. The molecule has 3 aromatic carbocycles. The van der Waals surface area contributed by atoms with E-state index in [1.807, 2.05) is 56.3 Å². The van der Waals surface area contributed by atoms with E-state index in [-0.39, 0.29) is 4.90 Å². The van der Waals surface area contributed by atoms with Gasteiger partial charge in [-0.25, -0.2) is 8.42 Å². The molecule has 3 rings (SSSR count). The molecule has 0 aromatic heterocycles. The van der Waals surface area contributed by atoms with Gasteiger partial charge in [0, 0.05) is 5.02 Å². The average molecular weight is 372 g/mol. The summed E-state index contributed by atoms with van der Waals surface area (Å²) in [6, 6.07) is 19.9. The first-order chi connectivity index (χ1) is 11.9. The lowest BCUT2D eigenvalue weighted by molar-refractivity contribution is 0.601. The molecule has 0 amide bonds. The van der Waals surface area contributed by atoms with Crippen LogP contribution in [0.15, 0.2) is 71.6 Å². The predicted molar refractivity (Wildman–Crippen MR) is 104 cm³/mol. The van der Waals surface area contributed by atoms with Crippen molar-refractivity contribution in [2.24, 2.45) is 0 Å². The van der Waals surface area contributed by atoms with Crippen molar-refractivity contribution in [1.82, 2.24) is 0 Å². The standard InChI is InChI=1S/C20H18ClNO2S/c1-14-5-3-4-6-19(14)16-8-7-15(2)20(13-16)22-25(23,24)18-11-9-17(21)10-12-18/h3-13,22H,1-2H3. The monoisotopic (exact) mass is 371 g/mol. The zero-order chi connectivity index (χ0) is 18.0. The molecule has 3 nitrogen and oxygen atoms in total. The molecule has 0 radical (unpaired) electrons. The Morgan fingerprint density at radius 1 is 0.840 bits per heavy atom. The van der Waals surface area contributed by atoms with Gasteiger partial charge in [-0.1, -0.05) is 48.0 Å². The second-order valence-electron chi connectivity index (χ2n) is 5.90. The van der Waals surface area contributed by atoms with E-state index < -0.39 is 10.0 Å². The highest BCUT2D eigenvalue weighted by atomic mass is 35.5. The Kier molecular flexibility index (Phi) is 4.84. The maximum absolute atomic E-state index is 12.6. The average Bonchev–Trinajstić information content (AvgIpc) is 2.58. The Morgan fingerprint density at radius 3 is 2.20 bits per heavy atom. The number of hydrogen-bond acceptors (Lipinski definition) is 2. The predicted octanol–water partition coefficient (Wildman–Crippen LogP) is 5.42. The summed E-state index contributed by atoms with van der Waals surface area (Å²) >= 11 is 5.84. The fourth-order valence-electron chi connectivity index (χ4n) is 2.61. The van der Waals surface area contributed by atoms with Crippen LogP contribution in [0.3, 0.4) is 0 Å². The third-order valence-electron chi connectivity index (χ3n) is 4.06. The molecule has 0 saturated heterocycles. The van der Waals surface area contributed by atoms with E-state index in [0.29, 0.717) is 10.7 Å². The lowest BCUT2D eigenvalue weighted by Crippen LogP contribution is -2.13. The lowest BCUT2D eigenvalue weighted by Gasteiger charge is -2.13. The smallest absolute Gasteiger partial charge is 0.261 e. The summed E-state index contributed by atoms with van der Waals surface area (Å²) in [6.45, 7) is 3.91. The van der Waals surface area contributed by atoms with Gasteiger partial charge in [0.05, 0.1) is 10.6 Å². The van der Waals surface area contributed by atoms with Crippen molar-refractivity contribution in [3.63, 3.8) is 0 Å². The molecule has 0 saturated carbocycles. The number of sulfonamides is 1. The van der Waals surface area contributed by atoms with Crippen LogP contribution in [0, 0.1) is 13.8 Å². The van der Waals surface area contributed by atoms with Gasteiger partial charge in [0.2, 0.25) is 0 Å².